The number of aromatic nitrogens is 3. The normalized spacial score (nSPS) is 27.5. The van der Waals surface area contributed by atoms with Gasteiger partial charge in [-0.25, -0.2) is 9.50 Å². The van der Waals surface area contributed by atoms with E-state index in [9.17, 15) is 10.4 Å². The van der Waals surface area contributed by atoms with Gasteiger partial charge in [-0.05, 0) is 25.0 Å². The van der Waals surface area contributed by atoms with E-state index in [1.807, 2.05) is 12.1 Å². The highest BCUT2D eigenvalue weighted by Gasteiger charge is 2.45. The highest BCUT2D eigenvalue weighted by molar-refractivity contribution is 6.12. The van der Waals surface area contributed by atoms with Crippen LogP contribution in [0.15, 0.2) is 18.5 Å². The molecule has 1 aliphatic heterocycles. The van der Waals surface area contributed by atoms with Crippen molar-refractivity contribution in [2.75, 3.05) is 5.73 Å². The number of hydrogen-bond acceptors (Lipinski definition) is 6. The molecule has 3 unspecified atom stereocenters. The molecule has 3 heterocycles. The van der Waals surface area contributed by atoms with Gasteiger partial charge in [-0.15, -0.1) is 0 Å². The van der Waals surface area contributed by atoms with Gasteiger partial charge < -0.3 is 15.6 Å². The SMILES string of the molecule is [B]C(O)C1(C#N)CCC(c2ccc3c(N)ncnn23)O1. The number of nitriles is 1. The maximum absolute atomic E-state index is 9.55. The standard InChI is InChI=1S/C12H12BN5O2/c13-11(19)12(5-14)4-3-9(20-12)7-1-2-8-10(15)16-6-17-18(7)8/h1-2,6,9,11,19H,3-4H2,(H2,15,16,17). The Morgan fingerprint density at radius 1 is 1.65 bits per heavy atom. The number of nitrogens with two attached hydrogens (primary N) is 1. The van der Waals surface area contributed by atoms with Gasteiger partial charge in [-0.1, -0.05) is 0 Å². The molecule has 7 nitrogen and oxygen atoms in total. The molecular formula is C12H12BN5O2. The molecule has 100 valence electrons. The van der Waals surface area contributed by atoms with Crippen molar-refractivity contribution < 1.29 is 9.84 Å². The summed E-state index contributed by atoms with van der Waals surface area (Å²) >= 11 is 0. The molecule has 0 bridgehead atoms. The Bertz CT molecular complexity index is 695. The molecule has 1 fully saturated rings. The van der Waals surface area contributed by atoms with E-state index in [2.05, 4.69) is 10.1 Å². The van der Waals surface area contributed by atoms with Crippen LogP contribution in [0, 0.1) is 11.3 Å². The molecule has 3 N–H and O–H groups in total. The Morgan fingerprint density at radius 3 is 3.10 bits per heavy atom. The van der Waals surface area contributed by atoms with Gasteiger partial charge in [-0.3, -0.25) is 0 Å². The van der Waals surface area contributed by atoms with Crippen molar-refractivity contribution in [3.8, 4) is 6.07 Å². The minimum Gasteiger partial charge on any atom is -0.399 e. The molecule has 0 spiro atoms. The second kappa shape index (κ2) is 4.47. The van der Waals surface area contributed by atoms with Crippen LogP contribution >= 0.6 is 0 Å². The van der Waals surface area contributed by atoms with E-state index >= 15 is 0 Å². The number of rotatable bonds is 2. The lowest BCUT2D eigenvalue weighted by atomic mass is 9.82. The minimum atomic E-state index is -1.37. The lowest BCUT2D eigenvalue weighted by Gasteiger charge is -2.25. The van der Waals surface area contributed by atoms with Crippen molar-refractivity contribution in [3.63, 3.8) is 0 Å². The summed E-state index contributed by atoms with van der Waals surface area (Å²) in [5.41, 5.74) is 5.83. The average molecular weight is 269 g/mol. The molecule has 0 amide bonds. The highest BCUT2D eigenvalue weighted by atomic mass is 16.5. The summed E-state index contributed by atoms with van der Waals surface area (Å²) < 4.78 is 7.32. The fraction of sp³-hybridized carbons (Fsp3) is 0.417. The number of ether oxygens (including phenoxy) is 1. The summed E-state index contributed by atoms with van der Waals surface area (Å²) in [6.45, 7) is 0. The Balaban J connectivity index is 1.98. The zero-order valence-electron chi connectivity index (χ0n) is 10.6. The third kappa shape index (κ3) is 1.75. The van der Waals surface area contributed by atoms with E-state index in [4.69, 9.17) is 18.3 Å². The molecule has 0 aromatic carbocycles. The maximum Gasteiger partial charge on any atom is 0.172 e. The van der Waals surface area contributed by atoms with Gasteiger partial charge >= 0.3 is 0 Å². The Labute approximate surface area is 116 Å². The predicted molar refractivity (Wildman–Crippen MR) is 70.6 cm³/mol. The number of anilines is 1. The predicted octanol–water partition coefficient (Wildman–Crippen LogP) is -0.0877. The molecule has 2 radical (unpaired) electrons. The van der Waals surface area contributed by atoms with Crippen molar-refractivity contribution in [1.29, 1.82) is 5.26 Å². The molecule has 0 saturated carbocycles. The van der Waals surface area contributed by atoms with Gasteiger partial charge in [0.2, 0.25) is 0 Å². The summed E-state index contributed by atoms with van der Waals surface area (Å²) in [7, 11) is 5.45. The second-order valence-electron chi connectivity index (χ2n) is 4.79. The van der Waals surface area contributed by atoms with Gasteiger partial charge in [0.05, 0.1) is 17.8 Å². The van der Waals surface area contributed by atoms with Crippen LogP contribution in [0.5, 0.6) is 0 Å². The zero-order valence-corrected chi connectivity index (χ0v) is 10.6. The van der Waals surface area contributed by atoms with Crippen LogP contribution in [0.25, 0.3) is 5.52 Å². The van der Waals surface area contributed by atoms with Crippen molar-refractivity contribution in [2.24, 2.45) is 0 Å². The molecule has 2 aromatic heterocycles. The number of hydrogen-bond donors (Lipinski definition) is 2. The first-order chi connectivity index (χ1) is 9.57. The molecule has 2 aromatic rings. The number of nitrogen functional groups attached to an aromatic ring is 1. The van der Waals surface area contributed by atoms with Crippen molar-refractivity contribution in [2.45, 2.75) is 30.5 Å². The van der Waals surface area contributed by atoms with Gasteiger partial charge in [0.1, 0.15) is 25.8 Å². The van der Waals surface area contributed by atoms with Crippen molar-refractivity contribution in [3.05, 3.63) is 24.2 Å². The molecule has 1 saturated heterocycles. The molecule has 8 heteroatoms. The summed E-state index contributed by atoms with van der Waals surface area (Å²) in [5.74, 6) is 0.370. The Morgan fingerprint density at radius 2 is 2.45 bits per heavy atom. The topological polar surface area (TPSA) is 109 Å². The quantitative estimate of drug-likeness (QED) is 0.737. The van der Waals surface area contributed by atoms with Crippen LogP contribution in [0.2, 0.25) is 0 Å². The number of nitrogens with zero attached hydrogens (tertiary/aromatic N) is 4. The monoisotopic (exact) mass is 269 g/mol. The fourth-order valence-electron chi connectivity index (χ4n) is 2.51. The van der Waals surface area contributed by atoms with E-state index in [-0.39, 0.29) is 6.10 Å². The van der Waals surface area contributed by atoms with Gasteiger partial charge in [0.15, 0.2) is 11.4 Å². The fourth-order valence-corrected chi connectivity index (χ4v) is 2.51. The van der Waals surface area contributed by atoms with Crippen LogP contribution in [0.1, 0.15) is 24.6 Å². The first-order valence-electron chi connectivity index (χ1n) is 6.18. The zero-order chi connectivity index (χ0) is 14.3. The third-order valence-electron chi connectivity index (χ3n) is 3.64. The highest BCUT2D eigenvalue weighted by Crippen LogP contribution is 2.41. The molecule has 1 aliphatic rings. The van der Waals surface area contributed by atoms with E-state index < -0.39 is 11.6 Å². The van der Waals surface area contributed by atoms with Gasteiger partial charge in [0.25, 0.3) is 0 Å². The van der Waals surface area contributed by atoms with Crippen LogP contribution < -0.4 is 5.73 Å². The average Bonchev–Trinajstić information content (AvgIpc) is 3.03. The smallest absolute Gasteiger partial charge is 0.172 e. The van der Waals surface area contributed by atoms with Gasteiger partial charge in [-0.2, -0.15) is 10.4 Å². The first-order valence-corrected chi connectivity index (χ1v) is 6.18. The van der Waals surface area contributed by atoms with Crippen LogP contribution in [0.4, 0.5) is 5.82 Å². The van der Waals surface area contributed by atoms with Crippen LogP contribution in [-0.2, 0) is 4.74 Å². The lowest BCUT2D eigenvalue weighted by Crippen LogP contribution is -2.40. The molecule has 20 heavy (non-hydrogen) atoms. The van der Waals surface area contributed by atoms with E-state index in [0.29, 0.717) is 24.2 Å². The van der Waals surface area contributed by atoms with Crippen LogP contribution in [0.3, 0.4) is 0 Å². The molecular weight excluding hydrogens is 257 g/mol. The lowest BCUT2D eigenvalue weighted by molar-refractivity contribution is -0.0542. The molecule has 3 rings (SSSR count). The summed E-state index contributed by atoms with van der Waals surface area (Å²) in [6.07, 6.45) is 1.91. The second-order valence-corrected chi connectivity index (χ2v) is 4.79. The minimum absolute atomic E-state index is 0.361. The number of fused-ring (bicyclic) bond motifs is 1. The van der Waals surface area contributed by atoms with E-state index in [1.165, 1.54) is 6.33 Å². The summed E-state index contributed by atoms with van der Waals surface area (Å²) in [5, 5.41) is 22.9. The van der Waals surface area contributed by atoms with Crippen molar-refractivity contribution >= 4 is 19.2 Å². The third-order valence-corrected chi connectivity index (χ3v) is 3.64. The molecule has 0 aliphatic carbocycles. The Kier molecular flexibility index (Phi) is 2.89. The largest absolute Gasteiger partial charge is 0.399 e. The maximum atomic E-state index is 9.55. The van der Waals surface area contributed by atoms with E-state index in [1.54, 1.807) is 10.6 Å². The first kappa shape index (κ1) is 12.9. The summed E-state index contributed by atoms with van der Waals surface area (Å²) in [6, 6.07) is 4.23. The number of aliphatic hydroxyl groups is 1. The van der Waals surface area contributed by atoms with Gasteiger partial charge in [0, 0.05) is 0 Å². The van der Waals surface area contributed by atoms with E-state index in [0.717, 1.165) is 5.69 Å². The molecule has 3 atom stereocenters. The summed E-state index contributed by atoms with van der Waals surface area (Å²) in [4.78, 5) is 3.91. The number of aliphatic hydroxyl groups excluding tert-OH is 1. The van der Waals surface area contributed by atoms with Crippen LogP contribution in [-0.4, -0.2) is 39.2 Å². The van der Waals surface area contributed by atoms with Crippen molar-refractivity contribution in [1.82, 2.24) is 14.6 Å². The Hall–Kier alpha value is -2.11.